The van der Waals surface area contributed by atoms with Gasteiger partial charge in [-0.2, -0.15) is 11.3 Å². The molecular formula is C13H13BrClNOS. The van der Waals surface area contributed by atoms with Crippen molar-refractivity contribution in [3.05, 3.63) is 49.6 Å². The molecule has 1 N–H and O–H groups in total. The molecule has 1 aromatic heterocycles. The maximum atomic E-state index is 5.99. The predicted molar refractivity (Wildman–Crippen MR) is 80.9 cm³/mol. The number of ether oxygens (including phenoxy) is 1. The summed E-state index contributed by atoms with van der Waals surface area (Å²) in [6.07, 6.45) is 0. The summed E-state index contributed by atoms with van der Waals surface area (Å²) in [5.41, 5.74) is 2.27. The number of halogens is 2. The van der Waals surface area contributed by atoms with Crippen molar-refractivity contribution in [1.29, 1.82) is 0 Å². The van der Waals surface area contributed by atoms with E-state index in [0.29, 0.717) is 5.02 Å². The van der Waals surface area contributed by atoms with E-state index in [1.165, 1.54) is 5.56 Å². The number of hydrogen-bond donors (Lipinski definition) is 1. The van der Waals surface area contributed by atoms with Gasteiger partial charge in [-0.05, 0) is 46.1 Å². The summed E-state index contributed by atoms with van der Waals surface area (Å²) in [6.45, 7) is 0. The first kappa shape index (κ1) is 13.9. The molecule has 1 atom stereocenters. The van der Waals surface area contributed by atoms with Gasteiger partial charge in [0.25, 0.3) is 0 Å². The van der Waals surface area contributed by atoms with Crippen LogP contribution >= 0.6 is 38.9 Å². The van der Waals surface area contributed by atoms with Crippen LogP contribution in [0.3, 0.4) is 0 Å². The van der Waals surface area contributed by atoms with Crippen LogP contribution in [0.15, 0.2) is 33.4 Å². The molecule has 0 aliphatic heterocycles. The third kappa shape index (κ3) is 2.72. The first-order valence-corrected chi connectivity index (χ1v) is 7.51. The van der Waals surface area contributed by atoms with Crippen LogP contribution in [-0.4, -0.2) is 14.2 Å². The van der Waals surface area contributed by atoms with Gasteiger partial charge in [0.2, 0.25) is 0 Å². The van der Waals surface area contributed by atoms with Crippen LogP contribution in [0.1, 0.15) is 17.2 Å². The molecule has 1 heterocycles. The van der Waals surface area contributed by atoms with Gasteiger partial charge in [0.1, 0.15) is 5.75 Å². The number of nitrogens with one attached hydrogen (secondary N) is 1. The average Bonchev–Trinajstić information content (AvgIpc) is 2.78. The van der Waals surface area contributed by atoms with Gasteiger partial charge in [-0.1, -0.05) is 17.7 Å². The normalized spacial score (nSPS) is 12.4. The fourth-order valence-electron chi connectivity index (χ4n) is 1.90. The number of methoxy groups -OCH3 is 1. The molecule has 0 saturated carbocycles. The zero-order valence-corrected chi connectivity index (χ0v) is 13.2. The molecule has 18 heavy (non-hydrogen) atoms. The minimum Gasteiger partial charge on any atom is -0.496 e. The Kier molecular flexibility index (Phi) is 4.67. The Bertz CT molecular complexity index is 544. The Morgan fingerprint density at radius 3 is 2.67 bits per heavy atom. The van der Waals surface area contributed by atoms with Crippen molar-refractivity contribution in [3.63, 3.8) is 0 Å². The summed E-state index contributed by atoms with van der Waals surface area (Å²) in [5.74, 6) is 0.792. The Balaban J connectivity index is 2.48. The lowest BCUT2D eigenvalue weighted by molar-refractivity contribution is 0.405. The van der Waals surface area contributed by atoms with Gasteiger partial charge >= 0.3 is 0 Å². The summed E-state index contributed by atoms with van der Waals surface area (Å²) >= 11 is 11.2. The molecule has 0 bridgehead atoms. The zero-order chi connectivity index (χ0) is 13.1. The van der Waals surface area contributed by atoms with Crippen molar-refractivity contribution in [2.45, 2.75) is 6.04 Å². The third-order valence-corrected chi connectivity index (χ3v) is 4.74. The molecule has 0 radical (unpaired) electrons. The molecule has 1 aromatic carbocycles. The van der Waals surface area contributed by atoms with Gasteiger partial charge in [0.05, 0.1) is 13.2 Å². The highest BCUT2D eigenvalue weighted by molar-refractivity contribution is 9.10. The standard InChI is InChI=1S/C13H13BrClNOS/c1-16-13(10-6-18-7-11(10)14)9-4-3-8(15)5-12(9)17-2/h3-7,13,16H,1-2H3. The van der Waals surface area contributed by atoms with Gasteiger partial charge in [0.15, 0.2) is 0 Å². The predicted octanol–water partition coefficient (Wildman–Crippen LogP) is 4.48. The highest BCUT2D eigenvalue weighted by atomic mass is 79.9. The number of benzene rings is 1. The van der Waals surface area contributed by atoms with E-state index in [1.54, 1.807) is 18.4 Å². The van der Waals surface area contributed by atoms with E-state index < -0.39 is 0 Å². The van der Waals surface area contributed by atoms with Crippen LogP contribution in [-0.2, 0) is 0 Å². The maximum absolute atomic E-state index is 5.99. The molecule has 0 saturated heterocycles. The molecule has 0 aliphatic rings. The molecule has 2 rings (SSSR count). The maximum Gasteiger partial charge on any atom is 0.125 e. The molecule has 0 amide bonds. The minimum absolute atomic E-state index is 0.0813. The van der Waals surface area contributed by atoms with Crippen LogP contribution in [0.25, 0.3) is 0 Å². The van der Waals surface area contributed by atoms with Crippen LogP contribution < -0.4 is 10.1 Å². The summed E-state index contributed by atoms with van der Waals surface area (Å²) in [7, 11) is 3.59. The molecule has 0 fully saturated rings. The lowest BCUT2D eigenvalue weighted by atomic mass is 10.0. The summed E-state index contributed by atoms with van der Waals surface area (Å²) in [6, 6.07) is 5.79. The first-order valence-electron chi connectivity index (χ1n) is 5.39. The summed E-state index contributed by atoms with van der Waals surface area (Å²) < 4.78 is 6.51. The fraction of sp³-hybridized carbons (Fsp3) is 0.231. The van der Waals surface area contributed by atoms with Crippen molar-refractivity contribution < 1.29 is 4.74 Å². The van der Waals surface area contributed by atoms with E-state index in [2.05, 4.69) is 32.0 Å². The van der Waals surface area contributed by atoms with Crippen LogP contribution in [0.4, 0.5) is 0 Å². The molecule has 0 aliphatic carbocycles. The second kappa shape index (κ2) is 6.06. The molecule has 0 spiro atoms. The van der Waals surface area contributed by atoms with Crippen LogP contribution in [0.5, 0.6) is 5.75 Å². The topological polar surface area (TPSA) is 21.3 Å². The van der Waals surface area contributed by atoms with Gasteiger partial charge in [0, 0.05) is 20.4 Å². The van der Waals surface area contributed by atoms with E-state index in [-0.39, 0.29) is 6.04 Å². The highest BCUT2D eigenvalue weighted by Crippen LogP contribution is 2.36. The molecule has 2 aromatic rings. The van der Waals surface area contributed by atoms with Crippen molar-refractivity contribution in [2.24, 2.45) is 0 Å². The zero-order valence-electron chi connectivity index (χ0n) is 10.0. The first-order chi connectivity index (χ1) is 8.67. The SMILES string of the molecule is CNC(c1cscc1Br)c1ccc(Cl)cc1OC. The van der Waals surface area contributed by atoms with Gasteiger partial charge in [-0.25, -0.2) is 0 Å². The molecule has 2 nitrogen and oxygen atoms in total. The Labute approximate surface area is 124 Å². The quantitative estimate of drug-likeness (QED) is 0.881. The number of hydrogen-bond acceptors (Lipinski definition) is 3. The van der Waals surface area contributed by atoms with Crippen molar-refractivity contribution >= 4 is 38.9 Å². The molecule has 1 unspecified atom stereocenters. The summed E-state index contributed by atoms with van der Waals surface area (Å²) in [4.78, 5) is 0. The lowest BCUT2D eigenvalue weighted by Gasteiger charge is -2.19. The second-order valence-corrected chi connectivity index (χ2v) is 5.82. The van der Waals surface area contributed by atoms with Crippen molar-refractivity contribution in [2.75, 3.05) is 14.2 Å². The van der Waals surface area contributed by atoms with Gasteiger partial charge in [-0.15, -0.1) is 0 Å². The largest absolute Gasteiger partial charge is 0.496 e. The summed E-state index contributed by atoms with van der Waals surface area (Å²) in [5, 5.41) is 8.18. The third-order valence-electron chi connectivity index (χ3n) is 2.75. The number of thiophene rings is 1. The Hall–Kier alpha value is -0.550. The monoisotopic (exact) mass is 345 g/mol. The second-order valence-electron chi connectivity index (χ2n) is 3.78. The highest BCUT2D eigenvalue weighted by Gasteiger charge is 2.19. The van der Waals surface area contributed by atoms with Crippen LogP contribution in [0.2, 0.25) is 5.02 Å². The minimum atomic E-state index is 0.0813. The molecular weight excluding hydrogens is 334 g/mol. The van der Waals surface area contributed by atoms with E-state index in [0.717, 1.165) is 15.8 Å². The van der Waals surface area contributed by atoms with E-state index >= 15 is 0 Å². The Morgan fingerprint density at radius 1 is 1.33 bits per heavy atom. The molecule has 96 valence electrons. The van der Waals surface area contributed by atoms with Crippen LogP contribution in [0, 0.1) is 0 Å². The van der Waals surface area contributed by atoms with Gasteiger partial charge in [-0.3, -0.25) is 0 Å². The fourth-order valence-corrected chi connectivity index (χ4v) is 3.61. The van der Waals surface area contributed by atoms with E-state index in [1.807, 2.05) is 25.2 Å². The Morgan fingerprint density at radius 2 is 2.11 bits per heavy atom. The van der Waals surface area contributed by atoms with E-state index in [9.17, 15) is 0 Å². The molecule has 5 heteroatoms. The van der Waals surface area contributed by atoms with Crippen molar-refractivity contribution in [1.82, 2.24) is 5.32 Å². The van der Waals surface area contributed by atoms with E-state index in [4.69, 9.17) is 16.3 Å². The number of rotatable bonds is 4. The van der Waals surface area contributed by atoms with Crippen molar-refractivity contribution in [3.8, 4) is 5.75 Å². The lowest BCUT2D eigenvalue weighted by Crippen LogP contribution is -2.18. The average molecular weight is 347 g/mol. The van der Waals surface area contributed by atoms with Gasteiger partial charge < -0.3 is 10.1 Å². The smallest absolute Gasteiger partial charge is 0.125 e.